The molecule has 1 saturated heterocycles. The number of aromatic nitrogens is 4. The van der Waals surface area contributed by atoms with Crippen molar-refractivity contribution < 1.29 is 4.74 Å². The molecule has 0 amide bonds. The molecule has 2 aromatic heterocycles. The molecule has 0 spiro atoms. The summed E-state index contributed by atoms with van der Waals surface area (Å²) in [6, 6.07) is 0. The predicted molar refractivity (Wildman–Crippen MR) is 97.5 cm³/mol. The third-order valence-corrected chi connectivity index (χ3v) is 4.43. The number of aryl methyl sites for hydroxylation is 1. The highest BCUT2D eigenvalue weighted by molar-refractivity contribution is 5.42. The van der Waals surface area contributed by atoms with Gasteiger partial charge in [0, 0.05) is 64.4 Å². The van der Waals surface area contributed by atoms with Crippen LogP contribution in [0.2, 0.25) is 0 Å². The van der Waals surface area contributed by atoms with Crippen molar-refractivity contribution in [2.75, 3.05) is 38.7 Å². The molecule has 1 aliphatic heterocycles. The Balaban J connectivity index is 1.64. The van der Waals surface area contributed by atoms with Gasteiger partial charge in [0.2, 0.25) is 0 Å². The van der Waals surface area contributed by atoms with Gasteiger partial charge in [0.25, 0.3) is 0 Å². The summed E-state index contributed by atoms with van der Waals surface area (Å²) in [6.07, 6.45) is 8.75. The van der Waals surface area contributed by atoms with Gasteiger partial charge in [-0.05, 0) is 6.42 Å². The number of hydrogen-bond acceptors (Lipinski definition) is 6. The molecule has 2 aromatic rings. The summed E-state index contributed by atoms with van der Waals surface area (Å²) in [5, 5.41) is 0. The number of morpholine rings is 1. The number of imidazole rings is 1. The highest BCUT2D eigenvalue weighted by Gasteiger charge is 2.26. The van der Waals surface area contributed by atoms with Crippen LogP contribution in [0.4, 0.5) is 5.82 Å². The van der Waals surface area contributed by atoms with E-state index in [0.717, 1.165) is 43.4 Å². The number of aromatic amines is 1. The Morgan fingerprint density at radius 2 is 2.12 bits per heavy atom. The van der Waals surface area contributed by atoms with E-state index in [1.54, 1.807) is 12.4 Å². The largest absolute Gasteiger partial charge is 0.369 e. The molecule has 1 atom stereocenters. The molecule has 0 aromatic carbocycles. The Morgan fingerprint density at radius 1 is 1.28 bits per heavy atom. The first-order valence-corrected chi connectivity index (χ1v) is 9.02. The van der Waals surface area contributed by atoms with Crippen molar-refractivity contribution in [3.8, 4) is 0 Å². The summed E-state index contributed by atoms with van der Waals surface area (Å²) in [7, 11) is 3.97. The Kier molecular flexibility index (Phi) is 5.99. The topological polar surface area (TPSA) is 70.2 Å². The fourth-order valence-electron chi connectivity index (χ4n) is 3.12. The van der Waals surface area contributed by atoms with E-state index in [-0.39, 0.29) is 6.10 Å². The quantitative estimate of drug-likeness (QED) is 0.830. The van der Waals surface area contributed by atoms with Crippen molar-refractivity contribution in [3.63, 3.8) is 0 Å². The van der Waals surface area contributed by atoms with Crippen molar-refractivity contribution in [1.82, 2.24) is 24.8 Å². The summed E-state index contributed by atoms with van der Waals surface area (Å²) in [5.41, 5.74) is 2.07. The number of rotatable bonds is 7. The third kappa shape index (κ3) is 4.55. The van der Waals surface area contributed by atoms with E-state index in [0.29, 0.717) is 6.61 Å². The lowest BCUT2D eigenvalue weighted by Crippen LogP contribution is -2.38. The summed E-state index contributed by atoms with van der Waals surface area (Å²) in [5.74, 6) is 1.96. The molecule has 3 rings (SSSR count). The molecule has 3 heterocycles. The molecule has 1 aliphatic rings. The van der Waals surface area contributed by atoms with E-state index >= 15 is 0 Å². The molecule has 136 valence electrons. The van der Waals surface area contributed by atoms with Crippen LogP contribution in [0.3, 0.4) is 0 Å². The Morgan fingerprint density at radius 3 is 2.92 bits per heavy atom. The lowest BCUT2D eigenvalue weighted by atomic mass is 10.2. The number of H-pyrrole nitrogens is 1. The van der Waals surface area contributed by atoms with Gasteiger partial charge in [-0.2, -0.15) is 0 Å². The van der Waals surface area contributed by atoms with Crippen LogP contribution >= 0.6 is 0 Å². The molecular formula is C18H28N6O. The second kappa shape index (κ2) is 8.40. The van der Waals surface area contributed by atoms with E-state index in [9.17, 15) is 0 Å². The van der Waals surface area contributed by atoms with Crippen LogP contribution in [0.15, 0.2) is 18.6 Å². The molecule has 1 N–H and O–H groups in total. The Labute approximate surface area is 149 Å². The van der Waals surface area contributed by atoms with Gasteiger partial charge in [-0.1, -0.05) is 13.3 Å². The zero-order valence-electron chi connectivity index (χ0n) is 15.4. The molecule has 0 radical (unpaired) electrons. The number of ether oxygens (including phenoxy) is 1. The lowest BCUT2D eigenvalue weighted by Gasteiger charge is -2.33. The van der Waals surface area contributed by atoms with E-state index in [2.05, 4.69) is 31.8 Å². The van der Waals surface area contributed by atoms with Gasteiger partial charge in [-0.15, -0.1) is 0 Å². The number of unbranched alkanes of at least 4 members (excludes halogenated alkanes) is 1. The molecule has 0 aliphatic carbocycles. The molecule has 0 unspecified atom stereocenters. The summed E-state index contributed by atoms with van der Waals surface area (Å²) in [6.45, 7) is 5.48. The average molecular weight is 344 g/mol. The Bertz CT molecular complexity index is 671. The van der Waals surface area contributed by atoms with E-state index in [1.165, 1.54) is 18.5 Å². The van der Waals surface area contributed by atoms with Gasteiger partial charge in [-0.25, -0.2) is 9.97 Å². The van der Waals surface area contributed by atoms with Crippen molar-refractivity contribution in [2.45, 2.75) is 38.8 Å². The monoisotopic (exact) mass is 344 g/mol. The molecule has 0 saturated carbocycles. The fraction of sp³-hybridized carbons (Fsp3) is 0.611. The standard InChI is InChI=1S/C18H28N6O/c1-4-5-6-16-21-11-14(22-16)12-24-9-10-25-15(13-24)17-18(23(2)3)20-8-7-19-17/h7-8,11,15H,4-6,9-10,12-13H2,1-3H3,(H,21,22)/t15-/m0/s1. The molecule has 1 fully saturated rings. The minimum atomic E-state index is -0.0534. The van der Waals surface area contributed by atoms with Gasteiger partial charge in [0.1, 0.15) is 17.6 Å². The van der Waals surface area contributed by atoms with Gasteiger partial charge in [-0.3, -0.25) is 9.88 Å². The number of nitrogens with one attached hydrogen (secondary N) is 1. The maximum atomic E-state index is 5.98. The first-order valence-electron chi connectivity index (χ1n) is 9.02. The van der Waals surface area contributed by atoms with Crippen molar-refractivity contribution in [1.29, 1.82) is 0 Å². The molecule has 7 nitrogen and oxygen atoms in total. The molecule has 7 heteroatoms. The smallest absolute Gasteiger partial charge is 0.152 e. The van der Waals surface area contributed by atoms with Crippen LogP contribution in [0.25, 0.3) is 0 Å². The predicted octanol–water partition coefficient (Wildman–Crippen LogP) is 2.18. The SMILES string of the molecule is CCCCc1ncc(CN2CCO[C@H](c3nccnc3N(C)C)C2)[nH]1. The molecular weight excluding hydrogens is 316 g/mol. The van der Waals surface area contributed by atoms with E-state index in [4.69, 9.17) is 4.74 Å². The van der Waals surface area contributed by atoms with Crippen LogP contribution in [-0.4, -0.2) is 58.6 Å². The highest BCUT2D eigenvalue weighted by Crippen LogP contribution is 2.27. The Hall–Kier alpha value is -1.99. The fourth-order valence-corrected chi connectivity index (χ4v) is 3.12. The maximum Gasteiger partial charge on any atom is 0.152 e. The van der Waals surface area contributed by atoms with Crippen molar-refractivity contribution >= 4 is 5.82 Å². The second-order valence-electron chi connectivity index (χ2n) is 6.71. The minimum Gasteiger partial charge on any atom is -0.369 e. The van der Waals surface area contributed by atoms with E-state index in [1.807, 2.05) is 25.2 Å². The summed E-state index contributed by atoms with van der Waals surface area (Å²) in [4.78, 5) is 21.3. The third-order valence-electron chi connectivity index (χ3n) is 4.43. The van der Waals surface area contributed by atoms with Crippen LogP contribution in [0, 0.1) is 0 Å². The number of nitrogens with zero attached hydrogens (tertiary/aromatic N) is 5. The van der Waals surface area contributed by atoms with Gasteiger partial charge < -0.3 is 14.6 Å². The number of anilines is 1. The van der Waals surface area contributed by atoms with Crippen molar-refractivity contribution in [2.24, 2.45) is 0 Å². The zero-order valence-corrected chi connectivity index (χ0v) is 15.4. The van der Waals surface area contributed by atoms with Crippen LogP contribution < -0.4 is 4.90 Å². The van der Waals surface area contributed by atoms with Crippen LogP contribution in [0.5, 0.6) is 0 Å². The first-order chi connectivity index (χ1) is 12.2. The van der Waals surface area contributed by atoms with Crippen molar-refractivity contribution in [3.05, 3.63) is 35.8 Å². The van der Waals surface area contributed by atoms with E-state index < -0.39 is 0 Å². The molecule has 25 heavy (non-hydrogen) atoms. The highest BCUT2D eigenvalue weighted by atomic mass is 16.5. The summed E-state index contributed by atoms with van der Waals surface area (Å²) >= 11 is 0. The van der Waals surface area contributed by atoms with Crippen LogP contribution in [0.1, 0.15) is 43.1 Å². The minimum absolute atomic E-state index is 0.0534. The van der Waals surface area contributed by atoms with Gasteiger partial charge in [0.05, 0.1) is 6.61 Å². The maximum absolute atomic E-state index is 5.98. The van der Waals surface area contributed by atoms with Gasteiger partial charge >= 0.3 is 0 Å². The molecule has 0 bridgehead atoms. The zero-order chi connectivity index (χ0) is 17.6. The average Bonchev–Trinajstić information content (AvgIpc) is 3.07. The van der Waals surface area contributed by atoms with Gasteiger partial charge in [0.15, 0.2) is 5.82 Å². The summed E-state index contributed by atoms with van der Waals surface area (Å²) < 4.78 is 5.98. The second-order valence-corrected chi connectivity index (χ2v) is 6.71. The lowest BCUT2D eigenvalue weighted by molar-refractivity contribution is -0.0351. The normalized spacial score (nSPS) is 18.4. The first kappa shape index (κ1) is 17.8. The van der Waals surface area contributed by atoms with Crippen LogP contribution in [-0.2, 0) is 17.7 Å². The number of hydrogen-bond donors (Lipinski definition) is 1.